The summed E-state index contributed by atoms with van der Waals surface area (Å²) in [5, 5.41) is 5.47. The van der Waals surface area contributed by atoms with Gasteiger partial charge in [-0.3, -0.25) is 4.79 Å². The van der Waals surface area contributed by atoms with Crippen LogP contribution < -0.4 is 10.1 Å². The number of amides is 1. The van der Waals surface area contributed by atoms with E-state index in [4.69, 9.17) is 16.3 Å². The molecule has 0 bridgehead atoms. The van der Waals surface area contributed by atoms with Crippen molar-refractivity contribution in [2.75, 3.05) is 0 Å². The van der Waals surface area contributed by atoms with Crippen molar-refractivity contribution in [2.24, 2.45) is 5.92 Å². The molecule has 4 nitrogen and oxygen atoms in total. The number of hydrogen-bond acceptors (Lipinski definition) is 4. The molecular formula is C18H18ClF3N2O2S. The Morgan fingerprint density at radius 3 is 2.74 bits per heavy atom. The van der Waals surface area contributed by atoms with Gasteiger partial charge in [-0.2, -0.15) is 13.2 Å². The molecule has 27 heavy (non-hydrogen) atoms. The van der Waals surface area contributed by atoms with Gasteiger partial charge in [-0.05, 0) is 43.5 Å². The lowest BCUT2D eigenvalue weighted by Crippen LogP contribution is -2.41. The SMILES string of the molecule is O=C(NC1CCCC(C(F)(F)F)C1)c1csc(COc2ccc(Cl)cc2)n1. The van der Waals surface area contributed by atoms with Gasteiger partial charge in [0.15, 0.2) is 0 Å². The number of halogens is 4. The van der Waals surface area contributed by atoms with Gasteiger partial charge in [0.1, 0.15) is 23.1 Å². The lowest BCUT2D eigenvalue weighted by atomic mass is 9.85. The Morgan fingerprint density at radius 2 is 2.04 bits per heavy atom. The Bertz CT molecular complexity index is 780. The zero-order chi connectivity index (χ0) is 19.4. The Kier molecular flexibility index (Phi) is 6.26. The smallest absolute Gasteiger partial charge is 0.391 e. The quantitative estimate of drug-likeness (QED) is 0.723. The molecule has 0 radical (unpaired) electrons. The second-order valence-electron chi connectivity index (χ2n) is 6.44. The maximum atomic E-state index is 12.9. The van der Waals surface area contributed by atoms with Crippen LogP contribution >= 0.6 is 22.9 Å². The lowest BCUT2D eigenvalue weighted by molar-refractivity contribution is -0.183. The Labute approximate surface area is 163 Å². The first-order valence-corrected chi connectivity index (χ1v) is 9.77. The van der Waals surface area contributed by atoms with Crippen LogP contribution in [0.15, 0.2) is 29.6 Å². The molecule has 1 aliphatic rings. The van der Waals surface area contributed by atoms with Gasteiger partial charge in [-0.15, -0.1) is 11.3 Å². The van der Waals surface area contributed by atoms with E-state index in [1.54, 1.807) is 29.6 Å². The van der Waals surface area contributed by atoms with Crippen molar-refractivity contribution in [2.45, 2.75) is 44.5 Å². The maximum Gasteiger partial charge on any atom is 0.391 e. The zero-order valence-corrected chi connectivity index (χ0v) is 15.8. The van der Waals surface area contributed by atoms with E-state index >= 15 is 0 Å². The number of carbonyl (C=O) groups is 1. The third-order valence-corrected chi connectivity index (χ3v) is 5.51. The molecule has 2 unspecified atom stereocenters. The fourth-order valence-electron chi connectivity index (χ4n) is 3.03. The van der Waals surface area contributed by atoms with Crippen molar-refractivity contribution in [1.82, 2.24) is 10.3 Å². The van der Waals surface area contributed by atoms with Crippen LogP contribution in [-0.2, 0) is 6.61 Å². The summed E-state index contributed by atoms with van der Waals surface area (Å²) in [7, 11) is 0. The van der Waals surface area contributed by atoms with Crippen LogP contribution in [0.5, 0.6) is 5.75 Å². The number of hydrogen-bond donors (Lipinski definition) is 1. The number of nitrogens with one attached hydrogen (secondary N) is 1. The molecule has 1 fully saturated rings. The van der Waals surface area contributed by atoms with Gasteiger partial charge < -0.3 is 10.1 Å². The van der Waals surface area contributed by atoms with Crippen molar-refractivity contribution in [1.29, 1.82) is 0 Å². The Morgan fingerprint density at radius 1 is 1.30 bits per heavy atom. The summed E-state index contributed by atoms with van der Waals surface area (Å²) >= 11 is 7.07. The Hall–Kier alpha value is -1.80. The number of carbonyl (C=O) groups excluding carboxylic acids is 1. The summed E-state index contributed by atoms with van der Waals surface area (Å²) in [6.07, 6.45) is -3.16. The second-order valence-corrected chi connectivity index (χ2v) is 7.82. The van der Waals surface area contributed by atoms with Crippen molar-refractivity contribution in [3.05, 3.63) is 45.4 Å². The molecule has 2 atom stereocenters. The molecule has 0 saturated heterocycles. The fourth-order valence-corrected chi connectivity index (χ4v) is 3.85. The van der Waals surface area contributed by atoms with E-state index in [0.717, 1.165) is 0 Å². The van der Waals surface area contributed by atoms with Crippen molar-refractivity contribution >= 4 is 28.8 Å². The highest BCUT2D eigenvalue weighted by atomic mass is 35.5. The van der Waals surface area contributed by atoms with Gasteiger partial charge in [-0.1, -0.05) is 18.0 Å². The maximum absolute atomic E-state index is 12.9. The average molecular weight is 419 g/mol. The first-order valence-electron chi connectivity index (χ1n) is 8.51. The molecule has 9 heteroatoms. The zero-order valence-electron chi connectivity index (χ0n) is 14.3. The number of alkyl halides is 3. The minimum absolute atomic E-state index is 0.0775. The monoisotopic (exact) mass is 418 g/mol. The molecule has 1 amide bonds. The van der Waals surface area contributed by atoms with Gasteiger partial charge in [0, 0.05) is 16.4 Å². The number of rotatable bonds is 5. The molecule has 0 spiro atoms. The number of aromatic nitrogens is 1. The molecule has 1 N–H and O–H groups in total. The third-order valence-electron chi connectivity index (χ3n) is 4.43. The molecule has 2 aromatic rings. The molecular weight excluding hydrogens is 401 g/mol. The van der Waals surface area contributed by atoms with Crippen LogP contribution in [0.1, 0.15) is 41.2 Å². The van der Waals surface area contributed by atoms with Gasteiger partial charge in [0.2, 0.25) is 0 Å². The van der Waals surface area contributed by atoms with E-state index in [1.807, 2.05) is 0 Å². The molecule has 3 rings (SSSR count). The molecule has 146 valence electrons. The minimum atomic E-state index is -4.21. The summed E-state index contributed by atoms with van der Waals surface area (Å²) in [6.45, 7) is 0.194. The van der Waals surface area contributed by atoms with Gasteiger partial charge in [0.05, 0.1) is 5.92 Å². The molecule has 0 aliphatic heterocycles. The second kappa shape index (κ2) is 8.48. The standard InChI is InChI=1S/C18H18ClF3N2O2S/c19-12-4-6-14(7-5-12)26-9-16-24-15(10-27-16)17(25)23-13-3-1-2-11(8-13)18(20,21)22/h4-7,10-11,13H,1-3,8-9H2,(H,23,25). The van der Waals surface area contributed by atoms with E-state index in [-0.39, 0.29) is 25.1 Å². The molecule has 1 heterocycles. The highest BCUT2D eigenvalue weighted by molar-refractivity contribution is 7.09. The van der Waals surface area contributed by atoms with E-state index < -0.39 is 24.0 Å². The summed E-state index contributed by atoms with van der Waals surface area (Å²) in [4.78, 5) is 16.5. The van der Waals surface area contributed by atoms with Crippen LogP contribution in [0.4, 0.5) is 13.2 Å². The summed E-state index contributed by atoms with van der Waals surface area (Å²) in [5.41, 5.74) is 0.198. The highest BCUT2D eigenvalue weighted by Crippen LogP contribution is 2.37. The first-order chi connectivity index (χ1) is 12.8. The molecule has 1 aromatic heterocycles. The summed E-state index contributed by atoms with van der Waals surface area (Å²) < 4.78 is 44.2. The summed E-state index contributed by atoms with van der Waals surface area (Å²) in [6, 6.07) is 6.38. The molecule has 1 aromatic carbocycles. The first kappa shape index (κ1) is 19.9. The number of benzene rings is 1. The molecule has 1 saturated carbocycles. The lowest BCUT2D eigenvalue weighted by Gasteiger charge is -2.30. The number of thiazole rings is 1. The summed E-state index contributed by atoms with van der Waals surface area (Å²) in [5.74, 6) is -1.17. The van der Waals surface area contributed by atoms with Crippen molar-refractivity contribution < 1.29 is 22.7 Å². The van der Waals surface area contributed by atoms with Crippen LogP contribution in [0.25, 0.3) is 0 Å². The van der Waals surface area contributed by atoms with Crippen LogP contribution in [0.2, 0.25) is 5.02 Å². The van der Waals surface area contributed by atoms with Crippen LogP contribution in [-0.4, -0.2) is 23.1 Å². The van der Waals surface area contributed by atoms with Crippen LogP contribution in [0.3, 0.4) is 0 Å². The topological polar surface area (TPSA) is 51.2 Å². The predicted molar refractivity (Wildman–Crippen MR) is 97.2 cm³/mol. The fraction of sp³-hybridized carbons (Fsp3) is 0.444. The normalized spacial score (nSPS) is 20.3. The van der Waals surface area contributed by atoms with Crippen molar-refractivity contribution in [3.8, 4) is 5.75 Å². The van der Waals surface area contributed by atoms with E-state index in [0.29, 0.717) is 28.6 Å². The minimum Gasteiger partial charge on any atom is -0.486 e. The highest BCUT2D eigenvalue weighted by Gasteiger charge is 2.42. The van der Waals surface area contributed by atoms with Crippen LogP contribution in [0, 0.1) is 5.92 Å². The van der Waals surface area contributed by atoms with E-state index in [9.17, 15) is 18.0 Å². The van der Waals surface area contributed by atoms with E-state index in [2.05, 4.69) is 10.3 Å². The van der Waals surface area contributed by atoms with Gasteiger partial charge in [0.25, 0.3) is 5.91 Å². The van der Waals surface area contributed by atoms with Gasteiger partial charge in [-0.25, -0.2) is 4.98 Å². The van der Waals surface area contributed by atoms with E-state index in [1.165, 1.54) is 11.3 Å². The Balaban J connectivity index is 1.53. The number of nitrogens with zero attached hydrogens (tertiary/aromatic N) is 1. The third kappa shape index (κ3) is 5.59. The predicted octanol–water partition coefficient (Wildman–Crippen LogP) is 5.23. The van der Waals surface area contributed by atoms with Crippen molar-refractivity contribution in [3.63, 3.8) is 0 Å². The average Bonchev–Trinajstić information content (AvgIpc) is 3.10. The molecule has 1 aliphatic carbocycles. The van der Waals surface area contributed by atoms with Gasteiger partial charge >= 0.3 is 6.18 Å². The number of ether oxygens (including phenoxy) is 1. The largest absolute Gasteiger partial charge is 0.486 e.